The van der Waals surface area contributed by atoms with Crippen molar-refractivity contribution in [3.63, 3.8) is 0 Å². The van der Waals surface area contributed by atoms with Crippen LogP contribution in [0.3, 0.4) is 0 Å². The smallest absolute Gasteiger partial charge is 0.293 e. The van der Waals surface area contributed by atoms with Crippen molar-refractivity contribution in [2.24, 2.45) is 0 Å². The van der Waals surface area contributed by atoms with Crippen LogP contribution in [0.25, 0.3) is 10.2 Å². The van der Waals surface area contributed by atoms with Crippen molar-refractivity contribution in [2.45, 2.75) is 39.8 Å². The van der Waals surface area contributed by atoms with Gasteiger partial charge in [-0.3, -0.25) is 13.9 Å². The van der Waals surface area contributed by atoms with Gasteiger partial charge in [-0.05, 0) is 24.8 Å². The Morgan fingerprint density at radius 2 is 2.00 bits per heavy atom. The van der Waals surface area contributed by atoms with Gasteiger partial charge in [0.2, 0.25) is 0 Å². The van der Waals surface area contributed by atoms with E-state index in [1.165, 1.54) is 15.9 Å². The molecule has 2 aromatic heterocycles. The molecule has 2 heterocycles. The predicted molar refractivity (Wildman–Crippen MR) is 70.9 cm³/mol. The van der Waals surface area contributed by atoms with Crippen LogP contribution in [0.5, 0.6) is 0 Å². The molecule has 0 fully saturated rings. The quantitative estimate of drug-likeness (QED) is 0.836. The minimum Gasteiger partial charge on any atom is -0.293 e. The number of thiophene rings is 1. The van der Waals surface area contributed by atoms with Gasteiger partial charge in [0.05, 0.1) is 5.52 Å². The summed E-state index contributed by atoms with van der Waals surface area (Å²) in [5.74, 6) is 0. The molecule has 2 rings (SSSR count). The van der Waals surface area contributed by atoms with Gasteiger partial charge in [-0.2, -0.15) is 0 Å². The zero-order valence-electron chi connectivity index (χ0n) is 10.1. The Balaban J connectivity index is 2.74. The molecule has 0 bridgehead atoms. The minimum atomic E-state index is -0.183. The average molecular weight is 252 g/mol. The fourth-order valence-corrected chi connectivity index (χ4v) is 2.80. The van der Waals surface area contributed by atoms with Crippen molar-refractivity contribution >= 4 is 21.6 Å². The summed E-state index contributed by atoms with van der Waals surface area (Å²) >= 11 is 1.41. The zero-order chi connectivity index (χ0) is 12.4. The summed E-state index contributed by atoms with van der Waals surface area (Å²) in [5, 5.41) is 1.86. The number of unbranched alkanes of at least 4 members (excludes halogenated alkanes) is 1. The van der Waals surface area contributed by atoms with Crippen molar-refractivity contribution in [3.05, 3.63) is 32.3 Å². The van der Waals surface area contributed by atoms with E-state index >= 15 is 0 Å². The molecular formula is C12H16N2O2S. The van der Waals surface area contributed by atoms with Crippen LogP contribution in [0.2, 0.25) is 0 Å². The van der Waals surface area contributed by atoms with E-state index in [2.05, 4.69) is 0 Å². The van der Waals surface area contributed by atoms with Crippen molar-refractivity contribution in [3.8, 4) is 0 Å². The number of rotatable bonds is 4. The molecule has 0 aliphatic rings. The van der Waals surface area contributed by atoms with E-state index in [1.807, 2.05) is 25.3 Å². The lowest BCUT2D eigenvalue weighted by Crippen LogP contribution is -2.39. The van der Waals surface area contributed by atoms with E-state index in [0.29, 0.717) is 17.8 Å². The fourth-order valence-electron chi connectivity index (χ4n) is 1.95. The molecule has 0 N–H and O–H groups in total. The van der Waals surface area contributed by atoms with E-state index < -0.39 is 0 Å². The summed E-state index contributed by atoms with van der Waals surface area (Å²) in [7, 11) is 0. The van der Waals surface area contributed by atoms with Crippen molar-refractivity contribution in [1.29, 1.82) is 0 Å². The SMILES string of the molecule is CCCCn1c(=O)c2sccc2n(CC)c1=O. The van der Waals surface area contributed by atoms with Crippen LogP contribution >= 0.6 is 11.3 Å². The van der Waals surface area contributed by atoms with Crippen molar-refractivity contribution in [2.75, 3.05) is 0 Å². The van der Waals surface area contributed by atoms with Gasteiger partial charge < -0.3 is 0 Å². The van der Waals surface area contributed by atoms with Gasteiger partial charge in [-0.25, -0.2) is 4.79 Å². The predicted octanol–water partition coefficient (Wildman–Crippen LogP) is 2.04. The van der Waals surface area contributed by atoms with E-state index in [4.69, 9.17) is 0 Å². The van der Waals surface area contributed by atoms with Crippen LogP contribution in [-0.4, -0.2) is 9.13 Å². The Bertz CT molecular complexity index is 636. The molecule has 0 radical (unpaired) electrons. The zero-order valence-corrected chi connectivity index (χ0v) is 10.9. The molecule has 17 heavy (non-hydrogen) atoms. The van der Waals surface area contributed by atoms with E-state index in [-0.39, 0.29) is 11.2 Å². The maximum atomic E-state index is 12.2. The first-order chi connectivity index (χ1) is 8.20. The molecule has 2 aromatic rings. The average Bonchev–Trinajstić information content (AvgIpc) is 2.79. The van der Waals surface area contributed by atoms with Crippen molar-refractivity contribution in [1.82, 2.24) is 9.13 Å². The van der Waals surface area contributed by atoms with Crippen LogP contribution in [0.4, 0.5) is 0 Å². The summed E-state index contributed by atoms with van der Waals surface area (Å²) in [4.78, 5) is 24.3. The van der Waals surface area contributed by atoms with Gasteiger partial charge in [0.25, 0.3) is 5.56 Å². The van der Waals surface area contributed by atoms with E-state index in [1.54, 1.807) is 4.57 Å². The molecule has 0 atom stereocenters. The maximum absolute atomic E-state index is 12.2. The summed E-state index contributed by atoms with van der Waals surface area (Å²) in [6.07, 6.45) is 1.83. The number of nitrogens with zero attached hydrogens (tertiary/aromatic N) is 2. The highest BCUT2D eigenvalue weighted by Crippen LogP contribution is 2.14. The molecule has 0 amide bonds. The highest BCUT2D eigenvalue weighted by Gasteiger charge is 2.12. The molecule has 4 nitrogen and oxygen atoms in total. The molecular weight excluding hydrogens is 236 g/mol. The van der Waals surface area contributed by atoms with Crippen molar-refractivity contribution < 1.29 is 0 Å². The van der Waals surface area contributed by atoms with Gasteiger partial charge in [-0.1, -0.05) is 13.3 Å². The topological polar surface area (TPSA) is 44.0 Å². The highest BCUT2D eigenvalue weighted by molar-refractivity contribution is 7.17. The third-order valence-corrected chi connectivity index (χ3v) is 3.78. The Labute approximate surface area is 103 Å². The van der Waals surface area contributed by atoms with Gasteiger partial charge >= 0.3 is 5.69 Å². The number of aromatic nitrogens is 2. The Kier molecular flexibility index (Phi) is 3.47. The molecule has 0 aromatic carbocycles. The number of hydrogen-bond acceptors (Lipinski definition) is 3. The Hall–Kier alpha value is -1.36. The number of hydrogen-bond donors (Lipinski definition) is 0. The van der Waals surface area contributed by atoms with Crippen LogP contribution in [0.1, 0.15) is 26.7 Å². The lowest BCUT2D eigenvalue weighted by Gasteiger charge is -2.09. The lowest BCUT2D eigenvalue weighted by atomic mass is 10.3. The summed E-state index contributed by atoms with van der Waals surface area (Å²) in [6.45, 7) is 5.08. The largest absolute Gasteiger partial charge is 0.331 e. The monoisotopic (exact) mass is 252 g/mol. The standard InChI is InChI=1S/C12H16N2O2S/c1-3-5-7-14-11(15)10-9(6-8-17-10)13(4-2)12(14)16/h6,8H,3-5,7H2,1-2H3. The molecule has 0 aliphatic heterocycles. The summed E-state index contributed by atoms with van der Waals surface area (Å²) in [6, 6.07) is 1.84. The summed E-state index contributed by atoms with van der Waals surface area (Å²) in [5.41, 5.74) is 0.440. The molecule has 0 saturated heterocycles. The van der Waals surface area contributed by atoms with Crippen LogP contribution in [0.15, 0.2) is 21.0 Å². The van der Waals surface area contributed by atoms with Gasteiger partial charge in [0.1, 0.15) is 4.70 Å². The molecule has 0 aliphatic carbocycles. The molecule has 5 heteroatoms. The maximum Gasteiger partial charge on any atom is 0.331 e. The Morgan fingerprint density at radius 3 is 2.65 bits per heavy atom. The highest BCUT2D eigenvalue weighted by atomic mass is 32.1. The van der Waals surface area contributed by atoms with Gasteiger partial charge in [0.15, 0.2) is 0 Å². The van der Waals surface area contributed by atoms with E-state index in [0.717, 1.165) is 18.4 Å². The van der Waals surface area contributed by atoms with Crippen LogP contribution in [-0.2, 0) is 13.1 Å². The molecule has 0 spiro atoms. The third-order valence-electron chi connectivity index (χ3n) is 2.89. The third kappa shape index (κ3) is 1.95. The molecule has 0 unspecified atom stereocenters. The lowest BCUT2D eigenvalue weighted by molar-refractivity contribution is 0.554. The first kappa shape index (κ1) is 12.1. The van der Waals surface area contributed by atoms with Crippen LogP contribution in [0, 0.1) is 0 Å². The second kappa shape index (κ2) is 4.87. The second-order valence-corrected chi connectivity index (χ2v) is 4.89. The number of fused-ring (bicyclic) bond motifs is 1. The van der Waals surface area contributed by atoms with Gasteiger partial charge in [0, 0.05) is 13.1 Å². The molecule has 92 valence electrons. The Morgan fingerprint density at radius 1 is 1.24 bits per heavy atom. The normalized spacial score (nSPS) is 11.2. The van der Waals surface area contributed by atoms with Crippen LogP contribution < -0.4 is 11.2 Å². The fraction of sp³-hybridized carbons (Fsp3) is 0.500. The van der Waals surface area contributed by atoms with E-state index in [9.17, 15) is 9.59 Å². The minimum absolute atomic E-state index is 0.141. The first-order valence-electron chi connectivity index (χ1n) is 5.91. The molecule has 0 saturated carbocycles. The summed E-state index contributed by atoms with van der Waals surface area (Å²) < 4.78 is 3.72. The first-order valence-corrected chi connectivity index (χ1v) is 6.79. The van der Waals surface area contributed by atoms with Gasteiger partial charge in [-0.15, -0.1) is 11.3 Å². The number of aryl methyl sites for hydroxylation is 1. The second-order valence-electron chi connectivity index (χ2n) is 3.97.